The highest BCUT2D eigenvalue weighted by Gasteiger charge is 2.10. The number of benzene rings is 2. The van der Waals surface area contributed by atoms with Crippen LogP contribution in [0.1, 0.15) is 16.2 Å². The fourth-order valence-corrected chi connectivity index (χ4v) is 2.14. The number of aldehydes is 1. The summed E-state index contributed by atoms with van der Waals surface area (Å²) >= 11 is 0. The predicted molar refractivity (Wildman–Crippen MR) is 84.6 cm³/mol. The van der Waals surface area contributed by atoms with Gasteiger partial charge in [-0.25, -0.2) is 9.37 Å². The minimum Gasteiger partial charge on any atom is -0.493 e. The van der Waals surface area contributed by atoms with Crippen LogP contribution in [0.3, 0.4) is 0 Å². The Morgan fingerprint density at radius 3 is 2.67 bits per heavy atom. The van der Waals surface area contributed by atoms with Crippen LogP contribution >= 0.6 is 0 Å². The molecule has 0 fully saturated rings. The highest BCUT2D eigenvalue weighted by atomic mass is 19.1. The number of methoxy groups -OCH3 is 1. The zero-order chi connectivity index (χ0) is 16.9. The Morgan fingerprint density at radius 1 is 1.17 bits per heavy atom. The van der Waals surface area contributed by atoms with Crippen molar-refractivity contribution in [2.24, 2.45) is 0 Å². The van der Waals surface area contributed by atoms with E-state index in [0.717, 1.165) is 11.8 Å². The number of halogens is 1. The molecule has 0 atom stereocenters. The van der Waals surface area contributed by atoms with Crippen molar-refractivity contribution in [3.05, 3.63) is 65.9 Å². The maximum atomic E-state index is 12.9. The van der Waals surface area contributed by atoms with Crippen molar-refractivity contribution in [3.8, 4) is 22.8 Å². The van der Waals surface area contributed by atoms with Crippen LogP contribution < -0.4 is 9.47 Å². The van der Waals surface area contributed by atoms with Crippen LogP contribution in [0.15, 0.2) is 53.1 Å². The molecule has 3 rings (SSSR count). The first-order chi connectivity index (χ1) is 11.7. The smallest absolute Gasteiger partial charge is 0.232 e. The van der Waals surface area contributed by atoms with Crippen LogP contribution in [0, 0.1) is 5.82 Å². The Morgan fingerprint density at radius 2 is 1.96 bits per heavy atom. The first-order valence-corrected chi connectivity index (χ1v) is 7.16. The number of carbonyl (C=O) groups is 1. The van der Waals surface area contributed by atoms with E-state index in [1.54, 1.807) is 36.5 Å². The van der Waals surface area contributed by atoms with E-state index in [1.165, 1.54) is 19.2 Å². The van der Waals surface area contributed by atoms with Gasteiger partial charge in [0.25, 0.3) is 0 Å². The monoisotopic (exact) mass is 327 g/mol. The fourth-order valence-electron chi connectivity index (χ4n) is 2.14. The zero-order valence-corrected chi connectivity index (χ0v) is 12.9. The lowest BCUT2D eigenvalue weighted by molar-refractivity contribution is 0.112. The quantitative estimate of drug-likeness (QED) is 0.643. The molecule has 1 aromatic heterocycles. The van der Waals surface area contributed by atoms with Crippen LogP contribution in [0.5, 0.6) is 11.5 Å². The minimum atomic E-state index is -0.316. The number of hydrogen-bond acceptors (Lipinski definition) is 5. The van der Waals surface area contributed by atoms with E-state index in [0.29, 0.717) is 28.7 Å². The molecule has 0 amide bonds. The Hall–Kier alpha value is -3.15. The van der Waals surface area contributed by atoms with Crippen molar-refractivity contribution in [2.75, 3.05) is 7.11 Å². The summed E-state index contributed by atoms with van der Waals surface area (Å²) in [6, 6.07) is 10.8. The number of oxazole rings is 1. The number of hydrogen-bond donors (Lipinski definition) is 0. The molecule has 0 aliphatic carbocycles. The largest absolute Gasteiger partial charge is 0.493 e. The second-order valence-electron chi connectivity index (χ2n) is 4.94. The van der Waals surface area contributed by atoms with E-state index in [9.17, 15) is 9.18 Å². The van der Waals surface area contributed by atoms with E-state index in [4.69, 9.17) is 13.9 Å². The van der Waals surface area contributed by atoms with Gasteiger partial charge in [-0.05, 0) is 42.5 Å². The molecule has 122 valence electrons. The van der Waals surface area contributed by atoms with Gasteiger partial charge in [-0.1, -0.05) is 0 Å². The second kappa shape index (κ2) is 6.95. The van der Waals surface area contributed by atoms with Gasteiger partial charge in [0, 0.05) is 11.1 Å². The van der Waals surface area contributed by atoms with Gasteiger partial charge < -0.3 is 13.9 Å². The first-order valence-electron chi connectivity index (χ1n) is 7.16. The molecule has 6 heteroatoms. The molecular weight excluding hydrogens is 313 g/mol. The molecule has 0 aliphatic rings. The third-order valence-corrected chi connectivity index (χ3v) is 3.36. The van der Waals surface area contributed by atoms with Crippen molar-refractivity contribution >= 4 is 6.29 Å². The summed E-state index contributed by atoms with van der Waals surface area (Å²) in [6.45, 7) is 0.0693. The van der Waals surface area contributed by atoms with Crippen LogP contribution in [-0.2, 0) is 6.61 Å². The Bertz CT molecular complexity index is 842. The summed E-state index contributed by atoms with van der Waals surface area (Å²) in [5, 5.41) is 0. The number of rotatable bonds is 6. The summed E-state index contributed by atoms with van der Waals surface area (Å²) in [6.07, 6.45) is 2.27. The fraction of sp³-hybridized carbons (Fsp3) is 0.111. The van der Waals surface area contributed by atoms with E-state index >= 15 is 0 Å². The molecule has 0 aliphatic heterocycles. The van der Waals surface area contributed by atoms with Gasteiger partial charge in [-0.3, -0.25) is 4.79 Å². The van der Waals surface area contributed by atoms with Gasteiger partial charge in [-0.15, -0.1) is 0 Å². The van der Waals surface area contributed by atoms with Crippen molar-refractivity contribution in [1.29, 1.82) is 0 Å². The average Bonchev–Trinajstić information content (AvgIpc) is 3.09. The van der Waals surface area contributed by atoms with Gasteiger partial charge in [-0.2, -0.15) is 0 Å². The number of nitrogens with zero attached hydrogens (tertiary/aromatic N) is 1. The van der Waals surface area contributed by atoms with Crippen molar-refractivity contribution < 1.29 is 23.1 Å². The number of ether oxygens (including phenoxy) is 2. The summed E-state index contributed by atoms with van der Waals surface area (Å²) in [4.78, 5) is 15.0. The second-order valence-corrected chi connectivity index (χ2v) is 4.94. The Kier molecular flexibility index (Phi) is 4.56. The summed E-state index contributed by atoms with van der Waals surface area (Å²) in [5.41, 5.74) is 1.20. The van der Waals surface area contributed by atoms with Gasteiger partial charge >= 0.3 is 0 Å². The third-order valence-electron chi connectivity index (χ3n) is 3.36. The average molecular weight is 327 g/mol. The molecule has 1 heterocycles. The van der Waals surface area contributed by atoms with E-state index in [2.05, 4.69) is 4.98 Å². The lowest BCUT2D eigenvalue weighted by Crippen LogP contribution is -1.98. The molecule has 5 nitrogen and oxygen atoms in total. The first kappa shape index (κ1) is 15.7. The Balaban J connectivity index is 1.74. The summed E-state index contributed by atoms with van der Waals surface area (Å²) in [7, 11) is 1.51. The lowest BCUT2D eigenvalue weighted by Gasteiger charge is -2.09. The molecule has 0 saturated carbocycles. The standard InChI is InChI=1S/C18H14FNO4/c1-22-15-7-2-12(10-21)8-16(15)23-11-18-20-9-17(24-18)13-3-5-14(19)6-4-13/h2-10H,11H2,1H3. The van der Waals surface area contributed by atoms with E-state index in [1.807, 2.05) is 0 Å². The van der Waals surface area contributed by atoms with Gasteiger partial charge in [0.1, 0.15) is 12.1 Å². The van der Waals surface area contributed by atoms with Gasteiger partial charge in [0.15, 0.2) is 23.9 Å². The number of carbonyl (C=O) groups excluding carboxylic acids is 1. The normalized spacial score (nSPS) is 10.4. The molecule has 3 aromatic rings. The zero-order valence-electron chi connectivity index (χ0n) is 12.9. The van der Waals surface area contributed by atoms with Gasteiger partial charge in [0.05, 0.1) is 13.3 Å². The molecule has 0 radical (unpaired) electrons. The molecule has 0 saturated heterocycles. The predicted octanol–water partition coefficient (Wildman–Crippen LogP) is 3.88. The molecular formula is C18H14FNO4. The van der Waals surface area contributed by atoms with Crippen molar-refractivity contribution in [1.82, 2.24) is 4.98 Å². The van der Waals surface area contributed by atoms with Gasteiger partial charge in [0.2, 0.25) is 5.89 Å². The third kappa shape index (κ3) is 3.43. The highest BCUT2D eigenvalue weighted by molar-refractivity contribution is 5.76. The summed E-state index contributed by atoms with van der Waals surface area (Å²) < 4.78 is 29.4. The molecule has 0 N–H and O–H groups in total. The Labute approximate surface area is 137 Å². The van der Waals surface area contributed by atoms with Crippen molar-refractivity contribution in [3.63, 3.8) is 0 Å². The maximum Gasteiger partial charge on any atom is 0.232 e. The molecule has 0 spiro atoms. The SMILES string of the molecule is COc1ccc(C=O)cc1OCc1ncc(-c2ccc(F)cc2)o1. The molecule has 24 heavy (non-hydrogen) atoms. The molecule has 0 unspecified atom stereocenters. The topological polar surface area (TPSA) is 61.6 Å². The maximum absolute atomic E-state index is 12.9. The molecule has 2 aromatic carbocycles. The van der Waals surface area contributed by atoms with Crippen LogP contribution in [-0.4, -0.2) is 18.4 Å². The van der Waals surface area contributed by atoms with E-state index in [-0.39, 0.29) is 12.4 Å². The van der Waals surface area contributed by atoms with Crippen LogP contribution in [0.4, 0.5) is 4.39 Å². The summed E-state index contributed by atoms with van der Waals surface area (Å²) in [5.74, 6) is 1.48. The van der Waals surface area contributed by atoms with Crippen molar-refractivity contribution in [2.45, 2.75) is 6.61 Å². The number of aromatic nitrogens is 1. The van der Waals surface area contributed by atoms with Crippen LogP contribution in [0.2, 0.25) is 0 Å². The minimum absolute atomic E-state index is 0.0693. The van der Waals surface area contributed by atoms with E-state index < -0.39 is 0 Å². The lowest BCUT2D eigenvalue weighted by atomic mass is 10.2. The van der Waals surface area contributed by atoms with Crippen LogP contribution in [0.25, 0.3) is 11.3 Å². The highest BCUT2D eigenvalue weighted by Crippen LogP contribution is 2.29. The molecule has 0 bridgehead atoms.